The Morgan fingerprint density at radius 1 is 1.50 bits per heavy atom. The van der Waals surface area contributed by atoms with Crippen LogP contribution in [0, 0.1) is 11.7 Å². The van der Waals surface area contributed by atoms with E-state index >= 15 is 0 Å². The molecule has 2 heterocycles. The van der Waals surface area contributed by atoms with E-state index in [1.165, 1.54) is 6.33 Å². The van der Waals surface area contributed by atoms with Gasteiger partial charge in [0.05, 0.1) is 23.9 Å². The van der Waals surface area contributed by atoms with Crippen molar-refractivity contribution in [3.8, 4) is 0 Å². The number of benzene rings is 1. The second-order valence-corrected chi connectivity index (χ2v) is 9.91. The molecule has 3 atom stereocenters. The summed E-state index contributed by atoms with van der Waals surface area (Å²) in [5.41, 5.74) is 6.41. The Hall–Kier alpha value is -1.57. The highest BCUT2D eigenvalue weighted by molar-refractivity contribution is 7.93. The van der Waals surface area contributed by atoms with Crippen molar-refractivity contribution in [3.05, 3.63) is 29.3 Å². The number of nitrogens with two attached hydrogens (primary N) is 1. The minimum atomic E-state index is -4.19. The second-order valence-electron chi connectivity index (χ2n) is 7.08. The fourth-order valence-electron chi connectivity index (χ4n) is 3.12. The molecule has 9 nitrogen and oxygen atoms in total. The van der Waals surface area contributed by atoms with Gasteiger partial charge in [-0.1, -0.05) is 11.6 Å². The third-order valence-electron chi connectivity index (χ3n) is 4.78. The Balaban J connectivity index is 1.69. The first-order valence-electron chi connectivity index (χ1n) is 9.35. The van der Waals surface area contributed by atoms with Crippen molar-refractivity contribution >= 4 is 44.0 Å². The summed E-state index contributed by atoms with van der Waals surface area (Å²) in [4.78, 5) is 3.16. The van der Waals surface area contributed by atoms with E-state index in [2.05, 4.69) is 24.7 Å². The van der Waals surface area contributed by atoms with Crippen LogP contribution < -0.4 is 21.1 Å². The van der Waals surface area contributed by atoms with Gasteiger partial charge in [0, 0.05) is 36.7 Å². The van der Waals surface area contributed by atoms with Crippen LogP contribution in [-0.4, -0.2) is 56.2 Å². The second kappa shape index (κ2) is 10.2. The lowest BCUT2D eigenvalue weighted by atomic mass is 9.93. The maximum atomic E-state index is 14.6. The zero-order valence-corrected chi connectivity index (χ0v) is 18.7. The lowest BCUT2D eigenvalue weighted by Crippen LogP contribution is -2.45. The van der Waals surface area contributed by atoms with Crippen LogP contribution in [0.2, 0.25) is 5.02 Å². The molecule has 166 valence electrons. The van der Waals surface area contributed by atoms with E-state index in [1.54, 1.807) is 0 Å². The van der Waals surface area contributed by atoms with Crippen molar-refractivity contribution in [1.82, 2.24) is 14.7 Å². The Morgan fingerprint density at radius 2 is 2.30 bits per heavy atom. The fraction of sp³-hybridized carbons (Fsp3) is 0.529. The van der Waals surface area contributed by atoms with Crippen molar-refractivity contribution in [1.29, 1.82) is 0 Å². The molecule has 1 saturated heterocycles. The molecular weight excluding hydrogens is 455 g/mol. The average molecular weight is 479 g/mol. The van der Waals surface area contributed by atoms with Gasteiger partial charge in [0.2, 0.25) is 5.13 Å². The molecule has 1 aromatic heterocycles. The van der Waals surface area contributed by atoms with Crippen LogP contribution in [0.1, 0.15) is 13.3 Å². The standard InChI is InChI=1S/C17H24ClFN6O3S2/c1-10(20)11(4-12-8-28-3-2-21-12)7-22-15-6-14(19)16(5-13(15)18)30(26,27)25-17-23-9-24-29-17/h5-6,9-12,21-22H,2-4,7-8,20H2,1H3,(H,23,24,25). The van der Waals surface area contributed by atoms with Gasteiger partial charge in [-0.25, -0.2) is 17.8 Å². The first-order valence-corrected chi connectivity index (χ1v) is 12.0. The Bertz CT molecular complexity index is 939. The minimum absolute atomic E-state index is 0.0350. The van der Waals surface area contributed by atoms with Gasteiger partial charge in [-0.15, -0.1) is 0 Å². The van der Waals surface area contributed by atoms with Crippen LogP contribution in [0.25, 0.3) is 0 Å². The highest BCUT2D eigenvalue weighted by atomic mass is 35.5. The lowest BCUT2D eigenvalue weighted by molar-refractivity contribution is 0.0679. The van der Waals surface area contributed by atoms with Crippen LogP contribution in [0.15, 0.2) is 23.4 Å². The van der Waals surface area contributed by atoms with E-state index in [1.807, 2.05) is 6.92 Å². The molecule has 5 N–H and O–H groups in total. The number of anilines is 2. The lowest BCUT2D eigenvalue weighted by Gasteiger charge is -2.30. The van der Waals surface area contributed by atoms with Crippen molar-refractivity contribution in [2.45, 2.75) is 30.3 Å². The van der Waals surface area contributed by atoms with Gasteiger partial charge in [0.15, 0.2) is 0 Å². The predicted molar refractivity (Wildman–Crippen MR) is 115 cm³/mol. The van der Waals surface area contributed by atoms with Crippen LogP contribution in [0.3, 0.4) is 0 Å². The van der Waals surface area contributed by atoms with Gasteiger partial charge in [0.1, 0.15) is 17.0 Å². The molecule has 3 unspecified atom stereocenters. The molecule has 1 aromatic carbocycles. The van der Waals surface area contributed by atoms with E-state index in [4.69, 9.17) is 22.1 Å². The molecule has 1 aliphatic heterocycles. The van der Waals surface area contributed by atoms with E-state index in [0.29, 0.717) is 25.4 Å². The number of ether oxygens (including phenoxy) is 1. The third kappa shape index (κ3) is 5.99. The van der Waals surface area contributed by atoms with Gasteiger partial charge in [0.25, 0.3) is 10.0 Å². The average Bonchev–Trinajstić information content (AvgIpc) is 3.20. The molecule has 1 fully saturated rings. The third-order valence-corrected chi connectivity index (χ3v) is 7.15. The van der Waals surface area contributed by atoms with Gasteiger partial charge in [-0.05, 0) is 31.4 Å². The topological polar surface area (TPSA) is 131 Å². The molecule has 0 amide bonds. The molecule has 0 saturated carbocycles. The van der Waals surface area contributed by atoms with Crippen molar-refractivity contribution in [2.24, 2.45) is 11.7 Å². The summed E-state index contributed by atoms with van der Waals surface area (Å²) in [7, 11) is -4.19. The summed E-state index contributed by atoms with van der Waals surface area (Å²) in [6.07, 6.45) is 1.98. The van der Waals surface area contributed by atoms with Crippen LogP contribution in [0.4, 0.5) is 15.2 Å². The number of nitrogens with one attached hydrogen (secondary N) is 3. The number of hydrogen-bond donors (Lipinski definition) is 4. The molecule has 3 rings (SSSR count). The molecule has 0 spiro atoms. The van der Waals surface area contributed by atoms with Gasteiger partial charge in [-0.2, -0.15) is 4.37 Å². The first-order chi connectivity index (χ1) is 14.3. The summed E-state index contributed by atoms with van der Waals surface area (Å²) in [5, 5.41) is 6.60. The van der Waals surface area contributed by atoms with Gasteiger partial charge < -0.3 is 21.1 Å². The number of rotatable bonds is 9. The Kier molecular flexibility index (Phi) is 7.82. The number of halogens is 2. The molecule has 30 heavy (non-hydrogen) atoms. The molecule has 0 radical (unpaired) electrons. The SMILES string of the molecule is CC(N)C(CNc1cc(F)c(S(=O)(=O)Nc2ncns2)cc1Cl)CC1COCCN1. The zero-order chi connectivity index (χ0) is 21.7. The van der Waals surface area contributed by atoms with E-state index in [0.717, 1.165) is 36.6 Å². The van der Waals surface area contributed by atoms with Crippen LogP contribution in [0.5, 0.6) is 0 Å². The number of sulfonamides is 1. The number of nitrogens with zero attached hydrogens (tertiary/aromatic N) is 2. The minimum Gasteiger partial charge on any atom is -0.383 e. The highest BCUT2D eigenvalue weighted by Crippen LogP contribution is 2.30. The maximum absolute atomic E-state index is 14.6. The highest BCUT2D eigenvalue weighted by Gasteiger charge is 2.24. The Labute approximate surface area is 183 Å². The summed E-state index contributed by atoms with van der Waals surface area (Å²) < 4.78 is 50.8. The van der Waals surface area contributed by atoms with Gasteiger partial charge in [-0.3, -0.25) is 4.72 Å². The molecule has 2 aromatic rings. The molecule has 0 aliphatic carbocycles. The van der Waals surface area contributed by atoms with E-state index in [-0.39, 0.29) is 28.2 Å². The number of aromatic nitrogens is 2. The normalized spacial score (nSPS) is 19.3. The smallest absolute Gasteiger partial charge is 0.266 e. The quantitative estimate of drug-likeness (QED) is 0.429. The number of morpholine rings is 1. The molecule has 1 aliphatic rings. The van der Waals surface area contributed by atoms with Crippen molar-refractivity contribution in [3.63, 3.8) is 0 Å². The summed E-state index contributed by atoms with van der Waals surface area (Å²) in [6.45, 7) is 4.46. The number of hydrogen-bond acceptors (Lipinski definition) is 9. The monoisotopic (exact) mass is 478 g/mol. The predicted octanol–water partition coefficient (Wildman–Crippen LogP) is 1.89. The largest absolute Gasteiger partial charge is 0.383 e. The molecular formula is C17H24ClFN6O3S2. The molecule has 0 bridgehead atoms. The zero-order valence-electron chi connectivity index (χ0n) is 16.3. The Morgan fingerprint density at radius 3 is 2.93 bits per heavy atom. The van der Waals surface area contributed by atoms with E-state index in [9.17, 15) is 12.8 Å². The fourth-order valence-corrected chi connectivity index (χ4v) is 5.16. The van der Waals surface area contributed by atoms with E-state index < -0.39 is 20.7 Å². The maximum Gasteiger partial charge on any atom is 0.266 e. The van der Waals surface area contributed by atoms with Crippen molar-refractivity contribution < 1.29 is 17.5 Å². The van der Waals surface area contributed by atoms with Crippen LogP contribution in [-0.2, 0) is 14.8 Å². The molecule has 13 heteroatoms. The summed E-state index contributed by atoms with van der Waals surface area (Å²) in [6, 6.07) is 2.22. The van der Waals surface area contributed by atoms with Gasteiger partial charge >= 0.3 is 0 Å². The summed E-state index contributed by atoms with van der Waals surface area (Å²) >= 11 is 7.07. The first kappa shape index (κ1) is 23.1. The van der Waals surface area contributed by atoms with Crippen LogP contribution >= 0.6 is 23.1 Å². The summed E-state index contributed by atoms with van der Waals surface area (Å²) in [5.74, 6) is -0.857. The van der Waals surface area contributed by atoms with Crippen molar-refractivity contribution in [2.75, 3.05) is 36.3 Å².